The second kappa shape index (κ2) is 9.66. The van der Waals surface area contributed by atoms with Crippen molar-refractivity contribution in [3.05, 3.63) is 35.1 Å². The first-order valence-electron chi connectivity index (χ1n) is 11.3. The average Bonchev–Trinajstić information content (AvgIpc) is 3.13. The normalized spacial score (nSPS) is 14.0. The Kier molecular flexibility index (Phi) is 6.64. The lowest BCUT2D eigenvalue weighted by atomic mass is 10.2. The number of hydrogen-bond donors (Lipinski definition) is 0. The topological polar surface area (TPSA) is 108 Å². The lowest BCUT2D eigenvalue weighted by molar-refractivity contribution is 0.0240. The summed E-state index contributed by atoms with van der Waals surface area (Å²) in [5, 5.41) is 0. The number of methoxy groups -OCH3 is 1. The van der Waals surface area contributed by atoms with Gasteiger partial charge in [0.15, 0.2) is 11.5 Å². The van der Waals surface area contributed by atoms with Crippen LogP contribution < -0.4 is 15.3 Å². The molecule has 0 saturated carbocycles. The zero-order chi connectivity index (χ0) is 25.2. The van der Waals surface area contributed by atoms with Crippen LogP contribution in [0.2, 0.25) is 0 Å². The molecule has 0 aliphatic carbocycles. The van der Waals surface area contributed by atoms with Crippen LogP contribution >= 0.6 is 0 Å². The molecule has 4 rings (SSSR count). The van der Waals surface area contributed by atoms with Gasteiger partial charge in [0.2, 0.25) is 5.88 Å². The number of nitrogens with zero attached hydrogens (tertiary/aromatic N) is 7. The number of rotatable bonds is 4. The molecule has 0 N–H and O–H groups in total. The number of carbonyl (C=O) groups is 1. The molecule has 0 atom stereocenters. The van der Waals surface area contributed by atoms with Crippen LogP contribution in [-0.2, 0) is 11.3 Å². The summed E-state index contributed by atoms with van der Waals surface area (Å²) in [6, 6.07) is 3.44. The molecule has 3 aromatic rings. The predicted molar refractivity (Wildman–Crippen MR) is 131 cm³/mol. The maximum absolute atomic E-state index is 13.5. The van der Waals surface area contributed by atoms with Crippen LogP contribution in [0.1, 0.15) is 27.7 Å². The lowest BCUT2D eigenvalue weighted by Gasteiger charge is -2.36. The van der Waals surface area contributed by atoms with Gasteiger partial charge in [-0.25, -0.2) is 29.1 Å². The third-order valence-corrected chi connectivity index (χ3v) is 5.52. The van der Waals surface area contributed by atoms with E-state index < -0.39 is 5.60 Å². The van der Waals surface area contributed by atoms with Gasteiger partial charge < -0.3 is 19.3 Å². The Morgan fingerprint density at radius 2 is 1.86 bits per heavy atom. The van der Waals surface area contributed by atoms with Crippen molar-refractivity contribution < 1.29 is 14.3 Å². The number of amides is 1. The van der Waals surface area contributed by atoms with Gasteiger partial charge in [0.25, 0.3) is 0 Å². The van der Waals surface area contributed by atoms with E-state index in [-0.39, 0.29) is 18.3 Å². The van der Waals surface area contributed by atoms with Gasteiger partial charge in [0, 0.05) is 32.2 Å². The number of hydrogen-bond acceptors (Lipinski definition) is 8. The van der Waals surface area contributed by atoms with Crippen LogP contribution in [0.4, 0.5) is 10.6 Å². The Labute approximate surface area is 203 Å². The predicted octanol–water partition coefficient (Wildman–Crippen LogP) is 2.07. The van der Waals surface area contributed by atoms with E-state index in [2.05, 4.69) is 31.7 Å². The van der Waals surface area contributed by atoms with Gasteiger partial charge in [0.1, 0.15) is 17.4 Å². The summed E-state index contributed by atoms with van der Waals surface area (Å²) in [4.78, 5) is 42.9. The Balaban J connectivity index is 1.72. The Morgan fingerprint density at radius 3 is 2.46 bits per heavy atom. The van der Waals surface area contributed by atoms with Crippen molar-refractivity contribution in [1.82, 2.24) is 29.0 Å². The van der Waals surface area contributed by atoms with Gasteiger partial charge in [-0.15, -0.1) is 5.92 Å². The highest BCUT2D eigenvalue weighted by Crippen LogP contribution is 2.26. The number of piperazine rings is 1. The van der Waals surface area contributed by atoms with E-state index in [0.717, 1.165) is 0 Å². The lowest BCUT2D eigenvalue weighted by Crippen LogP contribution is -2.50. The van der Waals surface area contributed by atoms with Crippen LogP contribution in [0.3, 0.4) is 0 Å². The molecule has 0 spiro atoms. The van der Waals surface area contributed by atoms with E-state index in [0.29, 0.717) is 54.7 Å². The molecule has 0 aromatic carbocycles. The summed E-state index contributed by atoms with van der Waals surface area (Å²) in [5.74, 6) is 6.89. The number of imidazole rings is 1. The molecule has 1 fully saturated rings. The van der Waals surface area contributed by atoms with Gasteiger partial charge in [-0.3, -0.25) is 4.57 Å². The molecular weight excluding hydrogens is 450 g/mol. The molecule has 4 heterocycles. The molecule has 1 aliphatic heterocycles. The van der Waals surface area contributed by atoms with Gasteiger partial charge in [-0.2, -0.15) is 0 Å². The molecule has 35 heavy (non-hydrogen) atoms. The minimum absolute atomic E-state index is 0.195. The van der Waals surface area contributed by atoms with E-state index in [1.807, 2.05) is 20.8 Å². The molecule has 3 aromatic heterocycles. The first-order chi connectivity index (χ1) is 16.7. The van der Waals surface area contributed by atoms with Gasteiger partial charge in [0.05, 0.1) is 25.5 Å². The fourth-order valence-electron chi connectivity index (χ4n) is 3.89. The number of anilines is 1. The van der Waals surface area contributed by atoms with E-state index in [4.69, 9.17) is 9.47 Å². The minimum Gasteiger partial charge on any atom is -0.481 e. The highest BCUT2D eigenvalue weighted by atomic mass is 16.6. The average molecular weight is 480 g/mol. The first-order valence-corrected chi connectivity index (χ1v) is 11.3. The quantitative estimate of drug-likeness (QED) is 0.524. The molecule has 0 bridgehead atoms. The minimum atomic E-state index is -0.553. The maximum atomic E-state index is 13.5. The van der Waals surface area contributed by atoms with Crippen molar-refractivity contribution in [2.24, 2.45) is 0 Å². The smallest absolute Gasteiger partial charge is 0.410 e. The molecule has 11 heteroatoms. The summed E-state index contributed by atoms with van der Waals surface area (Å²) in [6.45, 7) is 9.49. The van der Waals surface area contributed by atoms with E-state index in [1.54, 1.807) is 34.7 Å². The SMILES string of the molecule is CC#CCn1c(=O)n(-c2ccc(OC)nc2)c2ncnc(N3CCN(C(=O)OC(C)(C)C)CC3)c21. The van der Waals surface area contributed by atoms with Crippen molar-refractivity contribution in [3.8, 4) is 23.4 Å². The fourth-order valence-corrected chi connectivity index (χ4v) is 3.89. The molecule has 1 amide bonds. The van der Waals surface area contributed by atoms with Crippen LogP contribution in [0, 0.1) is 11.8 Å². The summed E-state index contributed by atoms with van der Waals surface area (Å²) in [5.41, 5.74) is 0.760. The first kappa shape index (κ1) is 24.1. The fraction of sp³-hybridized carbons (Fsp3) is 0.458. The Hall–Kier alpha value is -4.07. The van der Waals surface area contributed by atoms with Crippen molar-refractivity contribution in [3.63, 3.8) is 0 Å². The Morgan fingerprint density at radius 1 is 1.11 bits per heavy atom. The van der Waals surface area contributed by atoms with Gasteiger partial charge in [-0.05, 0) is 33.8 Å². The number of carbonyl (C=O) groups excluding carboxylic acids is 1. The van der Waals surface area contributed by atoms with Gasteiger partial charge >= 0.3 is 11.8 Å². The van der Waals surface area contributed by atoms with Crippen molar-refractivity contribution in [2.45, 2.75) is 39.8 Å². The van der Waals surface area contributed by atoms with Crippen LogP contribution in [0.5, 0.6) is 5.88 Å². The molecule has 11 nitrogen and oxygen atoms in total. The number of fused-ring (bicyclic) bond motifs is 1. The molecule has 1 aliphatic rings. The monoisotopic (exact) mass is 479 g/mol. The van der Waals surface area contributed by atoms with Crippen molar-refractivity contribution in [2.75, 3.05) is 38.2 Å². The molecule has 0 radical (unpaired) electrons. The second-order valence-corrected chi connectivity index (χ2v) is 9.01. The number of aromatic nitrogens is 5. The van der Waals surface area contributed by atoms with E-state index >= 15 is 0 Å². The second-order valence-electron chi connectivity index (χ2n) is 9.01. The summed E-state index contributed by atoms with van der Waals surface area (Å²) in [7, 11) is 1.53. The number of ether oxygens (including phenoxy) is 2. The standard InChI is InChI=1S/C24H29N7O4/c1-6-7-10-30-19-20(28-11-13-29(14-12-28)23(33)35-24(2,3)4)26-16-27-21(19)31(22(30)32)17-8-9-18(34-5)25-15-17/h8-9,15-16H,10-14H2,1-5H3. The zero-order valence-corrected chi connectivity index (χ0v) is 20.6. The summed E-state index contributed by atoms with van der Waals surface area (Å²) >= 11 is 0. The highest BCUT2D eigenvalue weighted by molar-refractivity contribution is 5.85. The van der Waals surface area contributed by atoms with Crippen LogP contribution in [0.25, 0.3) is 16.9 Å². The third-order valence-electron chi connectivity index (χ3n) is 5.52. The van der Waals surface area contributed by atoms with Gasteiger partial charge in [-0.1, -0.05) is 5.92 Å². The van der Waals surface area contributed by atoms with Crippen molar-refractivity contribution in [1.29, 1.82) is 0 Å². The molecule has 1 saturated heterocycles. The highest BCUT2D eigenvalue weighted by Gasteiger charge is 2.29. The zero-order valence-electron chi connectivity index (χ0n) is 20.6. The molecule has 0 unspecified atom stereocenters. The third kappa shape index (κ3) is 4.91. The van der Waals surface area contributed by atoms with Crippen LogP contribution in [0.15, 0.2) is 29.5 Å². The maximum Gasteiger partial charge on any atom is 0.410 e. The van der Waals surface area contributed by atoms with Crippen molar-refractivity contribution >= 4 is 23.1 Å². The van der Waals surface area contributed by atoms with E-state index in [9.17, 15) is 9.59 Å². The molecular formula is C24H29N7O4. The Bertz CT molecular complexity index is 1330. The summed E-state index contributed by atoms with van der Waals surface area (Å²) < 4.78 is 13.7. The number of pyridine rings is 1. The van der Waals surface area contributed by atoms with E-state index in [1.165, 1.54) is 18.0 Å². The van der Waals surface area contributed by atoms with Crippen LogP contribution in [-0.4, -0.2) is 74.0 Å². The largest absolute Gasteiger partial charge is 0.481 e. The molecule has 184 valence electrons. The summed E-state index contributed by atoms with van der Waals surface area (Å²) in [6.07, 6.45) is 2.68.